The minimum atomic E-state index is -0.889. The Balaban J connectivity index is 2.45. The van der Waals surface area contributed by atoms with Crippen molar-refractivity contribution >= 4 is 16.7 Å². The van der Waals surface area contributed by atoms with Crippen molar-refractivity contribution in [1.82, 2.24) is 10.6 Å². The highest BCUT2D eigenvalue weighted by molar-refractivity contribution is 7.83. The van der Waals surface area contributed by atoms with E-state index >= 15 is 0 Å². The Bertz CT molecular complexity index is 435. The van der Waals surface area contributed by atoms with Crippen LogP contribution in [-0.4, -0.2) is 36.0 Å². The number of carbonyl (C=O) groups is 1. The van der Waals surface area contributed by atoms with Crippen LogP contribution in [0.4, 0.5) is 0 Å². The van der Waals surface area contributed by atoms with Crippen molar-refractivity contribution < 1.29 is 9.00 Å². The van der Waals surface area contributed by atoms with Crippen LogP contribution in [0.1, 0.15) is 29.3 Å². The monoisotopic (exact) mass is 282 g/mol. The maximum atomic E-state index is 11.9. The van der Waals surface area contributed by atoms with Crippen LogP contribution in [0.2, 0.25) is 0 Å². The van der Waals surface area contributed by atoms with Gasteiger partial charge in [-0.25, -0.2) is 0 Å². The topological polar surface area (TPSA) is 58.2 Å². The highest BCUT2D eigenvalue weighted by Crippen LogP contribution is 2.07. The zero-order chi connectivity index (χ0) is 14.1. The van der Waals surface area contributed by atoms with Crippen LogP contribution < -0.4 is 10.6 Å². The van der Waals surface area contributed by atoms with Gasteiger partial charge in [0.2, 0.25) is 0 Å². The van der Waals surface area contributed by atoms with Crippen molar-refractivity contribution in [3.63, 3.8) is 0 Å². The minimum absolute atomic E-state index is 0.0815. The molecule has 0 fully saturated rings. The van der Waals surface area contributed by atoms with Gasteiger partial charge in [0.05, 0.1) is 0 Å². The third kappa shape index (κ3) is 6.50. The molecule has 1 aromatic rings. The SMILES string of the molecule is CCCNCCNC(=O)c1cccc(CS(C)=O)c1. The first kappa shape index (κ1) is 15.9. The molecule has 0 saturated carbocycles. The summed E-state index contributed by atoms with van der Waals surface area (Å²) in [7, 11) is -0.889. The van der Waals surface area contributed by atoms with Crippen molar-refractivity contribution in [2.24, 2.45) is 0 Å². The average Bonchev–Trinajstić information content (AvgIpc) is 2.38. The molecule has 4 nitrogen and oxygen atoms in total. The van der Waals surface area contributed by atoms with E-state index in [0.717, 1.165) is 25.1 Å². The quantitative estimate of drug-likeness (QED) is 0.707. The van der Waals surface area contributed by atoms with Crippen LogP contribution in [0.15, 0.2) is 24.3 Å². The Kier molecular flexibility index (Phi) is 7.36. The van der Waals surface area contributed by atoms with Crippen molar-refractivity contribution in [3.8, 4) is 0 Å². The van der Waals surface area contributed by atoms with Crippen molar-refractivity contribution in [3.05, 3.63) is 35.4 Å². The number of carbonyl (C=O) groups excluding carboxylic acids is 1. The van der Waals surface area contributed by atoms with Crippen LogP contribution in [-0.2, 0) is 16.6 Å². The first-order valence-electron chi connectivity index (χ1n) is 6.51. The molecule has 106 valence electrons. The number of amides is 1. The lowest BCUT2D eigenvalue weighted by atomic mass is 10.1. The van der Waals surface area contributed by atoms with E-state index in [-0.39, 0.29) is 5.91 Å². The molecule has 5 heteroatoms. The molecule has 0 aliphatic heterocycles. The Hall–Kier alpha value is -1.20. The van der Waals surface area contributed by atoms with Gasteiger partial charge in [0.1, 0.15) is 0 Å². The lowest BCUT2D eigenvalue weighted by Gasteiger charge is -2.07. The van der Waals surface area contributed by atoms with Crippen molar-refractivity contribution in [2.75, 3.05) is 25.9 Å². The second-order valence-corrected chi connectivity index (χ2v) is 5.86. The molecule has 1 amide bonds. The standard InChI is InChI=1S/C14H22N2O2S/c1-3-7-15-8-9-16-14(17)13-6-4-5-12(10-13)11-19(2)18/h4-6,10,15H,3,7-9,11H2,1-2H3,(H,16,17). The number of hydrogen-bond acceptors (Lipinski definition) is 3. The van der Waals surface area contributed by atoms with Crippen LogP contribution in [0.5, 0.6) is 0 Å². The number of benzene rings is 1. The molecule has 0 spiro atoms. The summed E-state index contributed by atoms with van der Waals surface area (Å²) in [5, 5.41) is 6.09. The van der Waals surface area contributed by atoms with E-state index in [1.807, 2.05) is 12.1 Å². The molecule has 1 atom stereocenters. The van der Waals surface area contributed by atoms with Gasteiger partial charge in [-0.3, -0.25) is 9.00 Å². The fourth-order valence-corrected chi connectivity index (χ4v) is 2.35. The number of nitrogens with one attached hydrogen (secondary N) is 2. The van der Waals surface area contributed by atoms with Gasteiger partial charge in [0.15, 0.2) is 0 Å². The summed E-state index contributed by atoms with van der Waals surface area (Å²) < 4.78 is 11.2. The summed E-state index contributed by atoms with van der Waals surface area (Å²) in [5.74, 6) is 0.404. The smallest absolute Gasteiger partial charge is 0.251 e. The average molecular weight is 282 g/mol. The molecule has 0 aromatic heterocycles. The molecular weight excluding hydrogens is 260 g/mol. The van der Waals surface area contributed by atoms with E-state index in [0.29, 0.717) is 17.9 Å². The van der Waals surface area contributed by atoms with E-state index in [1.54, 1.807) is 18.4 Å². The Morgan fingerprint density at radius 3 is 2.74 bits per heavy atom. The lowest BCUT2D eigenvalue weighted by molar-refractivity contribution is 0.0954. The van der Waals surface area contributed by atoms with E-state index in [4.69, 9.17) is 0 Å². The van der Waals surface area contributed by atoms with Crippen LogP contribution in [0, 0.1) is 0 Å². The number of rotatable bonds is 8. The van der Waals surface area contributed by atoms with Gasteiger partial charge in [-0.2, -0.15) is 0 Å². The highest BCUT2D eigenvalue weighted by Gasteiger charge is 2.06. The zero-order valence-corrected chi connectivity index (χ0v) is 12.4. The van der Waals surface area contributed by atoms with E-state index < -0.39 is 10.8 Å². The van der Waals surface area contributed by atoms with Gasteiger partial charge in [-0.1, -0.05) is 19.1 Å². The second-order valence-electron chi connectivity index (χ2n) is 4.42. The van der Waals surface area contributed by atoms with E-state index in [9.17, 15) is 9.00 Å². The molecule has 19 heavy (non-hydrogen) atoms. The summed E-state index contributed by atoms with van der Waals surface area (Å²) >= 11 is 0. The van der Waals surface area contributed by atoms with Crippen LogP contribution >= 0.6 is 0 Å². The van der Waals surface area contributed by atoms with E-state index in [2.05, 4.69) is 17.6 Å². The zero-order valence-electron chi connectivity index (χ0n) is 11.6. The third-order valence-corrected chi connectivity index (χ3v) is 3.31. The van der Waals surface area contributed by atoms with Crippen LogP contribution in [0.3, 0.4) is 0 Å². The summed E-state index contributed by atoms with van der Waals surface area (Å²) in [6.45, 7) is 4.46. The molecule has 2 N–H and O–H groups in total. The summed E-state index contributed by atoms with van der Waals surface area (Å²) in [6, 6.07) is 7.29. The molecule has 1 rings (SSSR count). The van der Waals surface area contributed by atoms with Gasteiger partial charge in [-0.15, -0.1) is 0 Å². The predicted octanol–water partition coefficient (Wildman–Crippen LogP) is 1.29. The van der Waals surface area contributed by atoms with E-state index in [1.165, 1.54) is 0 Å². The summed E-state index contributed by atoms with van der Waals surface area (Å²) in [6.07, 6.45) is 2.75. The Morgan fingerprint density at radius 2 is 2.05 bits per heavy atom. The van der Waals surface area contributed by atoms with Gasteiger partial charge in [0, 0.05) is 41.5 Å². The first-order valence-corrected chi connectivity index (χ1v) is 8.24. The Morgan fingerprint density at radius 1 is 1.26 bits per heavy atom. The van der Waals surface area contributed by atoms with Gasteiger partial charge in [-0.05, 0) is 30.7 Å². The molecule has 0 heterocycles. The molecule has 0 aliphatic rings. The molecule has 0 radical (unpaired) electrons. The fraction of sp³-hybridized carbons (Fsp3) is 0.500. The Labute approximate surface area is 117 Å². The number of hydrogen-bond donors (Lipinski definition) is 2. The molecular formula is C14H22N2O2S. The second kappa shape index (κ2) is 8.82. The van der Waals surface area contributed by atoms with Crippen molar-refractivity contribution in [1.29, 1.82) is 0 Å². The van der Waals surface area contributed by atoms with Gasteiger partial charge < -0.3 is 10.6 Å². The molecule has 0 bridgehead atoms. The summed E-state index contributed by atoms with van der Waals surface area (Å²) in [5.41, 5.74) is 1.55. The molecule has 0 saturated heterocycles. The highest BCUT2D eigenvalue weighted by atomic mass is 32.2. The van der Waals surface area contributed by atoms with Gasteiger partial charge >= 0.3 is 0 Å². The molecule has 0 aliphatic carbocycles. The summed E-state index contributed by atoms with van der Waals surface area (Å²) in [4.78, 5) is 11.9. The third-order valence-electron chi connectivity index (χ3n) is 2.57. The maximum Gasteiger partial charge on any atom is 0.251 e. The molecule has 1 aromatic carbocycles. The largest absolute Gasteiger partial charge is 0.351 e. The first-order chi connectivity index (χ1) is 9.13. The van der Waals surface area contributed by atoms with Crippen LogP contribution in [0.25, 0.3) is 0 Å². The normalized spacial score (nSPS) is 12.1. The lowest BCUT2D eigenvalue weighted by Crippen LogP contribution is -2.32. The molecule has 1 unspecified atom stereocenters. The van der Waals surface area contributed by atoms with Crippen molar-refractivity contribution in [2.45, 2.75) is 19.1 Å². The van der Waals surface area contributed by atoms with Gasteiger partial charge in [0.25, 0.3) is 5.91 Å². The fourth-order valence-electron chi connectivity index (χ4n) is 1.71. The minimum Gasteiger partial charge on any atom is -0.351 e. The maximum absolute atomic E-state index is 11.9. The predicted molar refractivity (Wildman–Crippen MR) is 79.7 cm³/mol.